The Bertz CT molecular complexity index is 879. The molecule has 31 heavy (non-hydrogen) atoms. The van der Waals surface area contributed by atoms with Gasteiger partial charge in [-0.2, -0.15) is 4.98 Å². The first kappa shape index (κ1) is 21.4. The van der Waals surface area contributed by atoms with Gasteiger partial charge in [0.05, 0.1) is 6.04 Å². The number of anilines is 3. The van der Waals surface area contributed by atoms with Crippen molar-refractivity contribution in [2.75, 3.05) is 36.0 Å². The Morgan fingerprint density at radius 1 is 1.10 bits per heavy atom. The lowest BCUT2D eigenvalue weighted by atomic mass is 10.0. The lowest BCUT2D eigenvalue weighted by molar-refractivity contribution is -0.170. The van der Waals surface area contributed by atoms with Crippen molar-refractivity contribution < 1.29 is 19.1 Å². The number of hydrogen-bond donors (Lipinski definition) is 6. The minimum atomic E-state index is -0.821. The van der Waals surface area contributed by atoms with Gasteiger partial charge in [-0.05, 0) is 45.7 Å². The molecule has 12 nitrogen and oxygen atoms in total. The summed E-state index contributed by atoms with van der Waals surface area (Å²) in [6.45, 7) is 3.50. The van der Waals surface area contributed by atoms with E-state index in [0.29, 0.717) is 25.2 Å². The highest BCUT2D eigenvalue weighted by atomic mass is 16.6. The predicted octanol–water partition coefficient (Wildman–Crippen LogP) is -1.09. The number of esters is 2. The highest BCUT2D eigenvalue weighted by molar-refractivity contribution is 5.77. The Morgan fingerprint density at radius 2 is 1.74 bits per heavy atom. The molecule has 12 heteroatoms. The Balaban J connectivity index is 1.51. The third-order valence-electron chi connectivity index (χ3n) is 5.86. The summed E-state index contributed by atoms with van der Waals surface area (Å²) in [5.74, 6) is -0.458. The number of nitrogens with zero attached hydrogens (tertiary/aromatic N) is 1. The van der Waals surface area contributed by atoms with Crippen molar-refractivity contribution in [1.82, 2.24) is 20.6 Å². The van der Waals surface area contributed by atoms with Crippen LogP contribution in [-0.2, 0) is 19.1 Å². The zero-order chi connectivity index (χ0) is 22.0. The predicted molar refractivity (Wildman–Crippen MR) is 113 cm³/mol. The number of carbonyl (C=O) groups excluding carboxylic acids is 2. The fourth-order valence-electron chi connectivity index (χ4n) is 4.22. The molecule has 1 aromatic rings. The molecule has 2 fully saturated rings. The summed E-state index contributed by atoms with van der Waals surface area (Å²) in [6.07, 6.45) is 1.64. The second kappa shape index (κ2) is 9.10. The van der Waals surface area contributed by atoms with Gasteiger partial charge >= 0.3 is 11.9 Å². The molecular formula is C19H29N7O5. The third kappa shape index (κ3) is 4.74. The SMILES string of the molecule is C[C@H](OC(=O)[C@@H]1CCCN1)[C@H](OC(=O)[C@@H]1CCCN1)[C@H]1CNc2nc(N)[nH]c(=O)c2N1. The molecule has 0 unspecified atom stereocenters. The van der Waals surface area contributed by atoms with Crippen LogP contribution in [-0.4, -0.2) is 71.9 Å². The largest absolute Gasteiger partial charge is 0.457 e. The van der Waals surface area contributed by atoms with E-state index in [1.54, 1.807) is 6.92 Å². The first-order valence-electron chi connectivity index (χ1n) is 10.7. The minimum absolute atomic E-state index is 0.00172. The second-order valence-electron chi connectivity index (χ2n) is 8.15. The van der Waals surface area contributed by atoms with Gasteiger partial charge in [0.1, 0.15) is 23.9 Å². The average Bonchev–Trinajstić information content (AvgIpc) is 3.45. The Hall–Kier alpha value is -2.86. The summed E-state index contributed by atoms with van der Waals surface area (Å²) in [7, 11) is 0. The number of nitrogen functional groups attached to an aromatic ring is 1. The third-order valence-corrected chi connectivity index (χ3v) is 5.86. The van der Waals surface area contributed by atoms with Gasteiger partial charge in [-0.15, -0.1) is 0 Å². The van der Waals surface area contributed by atoms with Crippen LogP contribution in [0.15, 0.2) is 4.79 Å². The number of rotatable bonds is 6. The van der Waals surface area contributed by atoms with Crippen molar-refractivity contribution in [2.24, 2.45) is 0 Å². The molecule has 4 heterocycles. The van der Waals surface area contributed by atoms with Gasteiger partial charge in [-0.25, -0.2) is 0 Å². The molecule has 170 valence electrons. The summed E-state index contributed by atoms with van der Waals surface area (Å²) >= 11 is 0. The number of H-pyrrole nitrogens is 1. The van der Waals surface area contributed by atoms with Gasteiger partial charge in [-0.1, -0.05) is 0 Å². The van der Waals surface area contributed by atoms with Crippen LogP contribution in [0.5, 0.6) is 0 Å². The van der Waals surface area contributed by atoms with E-state index in [1.165, 1.54) is 0 Å². The number of aromatic amines is 1. The molecule has 1 aromatic heterocycles. The molecule has 0 amide bonds. The number of ether oxygens (including phenoxy) is 2. The Morgan fingerprint density at radius 3 is 2.35 bits per heavy atom. The molecule has 4 rings (SSSR count). The smallest absolute Gasteiger partial charge is 0.323 e. The molecule has 0 radical (unpaired) electrons. The van der Waals surface area contributed by atoms with Crippen molar-refractivity contribution in [3.8, 4) is 0 Å². The normalized spacial score (nSPS) is 26.8. The number of nitrogens with two attached hydrogens (primary N) is 1. The van der Waals surface area contributed by atoms with Crippen LogP contribution in [0.25, 0.3) is 0 Å². The number of aromatic nitrogens is 2. The van der Waals surface area contributed by atoms with E-state index >= 15 is 0 Å². The molecule has 3 aliphatic heterocycles. The van der Waals surface area contributed by atoms with Crippen molar-refractivity contribution in [2.45, 2.75) is 62.9 Å². The molecule has 5 atom stereocenters. The van der Waals surface area contributed by atoms with E-state index in [-0.39, 0.29) is 23.6 Å². The molecule has 7 N–H and O–H groups in total. The van der Waals surface area contributed by atoms with Gasteiger partial charge in [0.2, 0.25) is 5.95 Å². The summed E-state index contributed by atoms with van der Waals surface area (Å²) in [5.41, 5.74) is 5.35. The van der Waals surface area contributed by atoms with E-state index in [0.717, 1.165) is 25.9 Å². The fraction of sp³-hybridized carbons (Fsp3) is 0.684. The first-order chi connectivity index (χ1) is 14.9. The molecule has 0 aliphatic carbocycles. The van der Waals surface area contributed by atoms with E-state index in [4.69, 9.17) is 15.2 Å². The molecule has 0 spiro atoms. The zero-order valence-corrected chi connectivity index (χ0v) is 17.4. The van der Waals surface area contributed by atoms with E-state index in [9.17, 15) is 14.4 Å². The van der Waals surface area contributed by atoms with Crippen molar-refractivity contribution in [3.63, 3.8) is 0 Å². The summed E-state index contributed by atoms with van der Waals surface area (Å²) in [6, 6.07) is -1.28. The summed E-state index contributed by atoms with van der Waals surface area (Å²) in [5, 5.41) is 12.3. The van der Waals surface area contributed by atoms with Crippen LogP contribution >= 0.6 is 0 Å². The van der Waals surface area contributed by atoms with Crippen molar-refractivity contribution in [3.05, 3.63) is 10.4 Å². The van der Waals surface area contributed by atoms with Gasteiger partial charge in [-0.3, -0.25) is 19.4 Å². The number of carbonyl (C=O) groups is 2. The van der Waals surface area contributed by atoms with Crippen LogP contribution in [0.3, 0.4) is 0 Å². The maximum absolute atomic E-state index is 12.7. The molecule has 0 saturated carbocycles. The maximum atomic E-state index is 12.7. The lowest BCUT2D eigenvalue weighted by Crippen LogP contribution is -2.53. The van der Waals surface area contributed by atoms with Crippen LogP contribution in [0, 0.1) is 0 Å². The molecule has 0 aromatic carbocycles. The van der Waals surface area contributed by atoms with E-state index < -0.39 is 35.8 Å². The van der Waals surface area contributed by atoms with Gasteiger partial charge < -0.3 is 36.5 Å². The highest BCUT2D eigenvalue weighted by Gasteiger charge is 2.39. The van der Waals surface area contributed by atoms with Crippen molar-refractivity contribution >= 4 is 29.4 Å². The number of hydrogen-bond acceptors (Lipinski definition) is 11. The summed E-state index contributed by atoms with van der Waals surface area (Å²) in [4.78, 5) is 44.1. The van der Waals surface area contributed by atoms with Crippen LogP contribution in [0.4, 0.5) is 17.5 Å². The first-order valence-corrected chi connectivity index (χ1v) is 10.7. The minimum Gasteiger partial charge on any atom is -0.457 e. The van der Waals surface area contributed by atoms with Gasteiger partial charge in [0, 0.05) is 6.54 Å². The quantitative estimate of drug-likeness (QED) is 0.300. The number of nitrogens with one attached hydrogen (secondary N) is 5. The second-order valence-corrected chi connectivity index (χ2v) is 8.15. The van der Waals surface area contributed by atoms with Gasteiger partial charge in [0.25, 0.3) is 5.56 Å². The molecular weight excluding hydrogens is 406 g/mol. The van der Waals surface area contributed by atoms with E-state index in [1.807, 2.05) is 0 Å². The molecule has 3 aliphatic rings. The average molecular weight is 435 g/mol. The molecule has 0 bridgehead atoms. The fourth-order valence-corrected chi connectivity index (χ4v) is 4.22. The van der Waals surface area contributed by atoms with Crippen molar-refractivity contribution in [1.29, 1.82) is 0 Å². The van der Waals surface area contributed by atoms with Gasteiger partial charge in [0.15, 0.2) is 11.9 Å². The standard InChI is InChI=1S/C19H29N7O5/c1-9(30-17(28)10-4-2-6-21-10)14(31-18(29)11-5-3-7-22-11)12-8-23-15-13(24-12)16(27)26-19(20)25-15/h9-12,14,21-22,24H,2-8H2,1H3,(H4,20,23,25,26,27)/t9-,10-,11-,12+,14-/m0/s1. The topological polar surface area (TPSA) is 172 Å². The summed E-state index contributed by atoms with van der Waals surface area (Å²) < 4.78 is 11.5. The number of fused-ring (bicyclic) bond motifs is 1. The lowest BCUT2D eigenvalue weighted by Gasteiger charge is -2.36. The monoisotopic (exact) mass is 435 g/mol. The Kier molecular flexibility index (Phi) is 6.28. The molecule has 2 saturated heterocycles. The van der Waals surface area contributed by atoms with Crippen LogP contribution in [0.1, 0.15) is 32.6 Å². The Labute approximate surface area is 179 Å². The van der Waals surface area contributed by atoms with Crippen LogP contribution in [0.2, 0.25) is 0 Å². The maximum Gasteiger partial charge on any atom is 0.323 e. The van der Waals surface area contributed by atoms with Crippen LogP contribution < -0.4 is 32.6 Å². The highest BCUT2D eigenvalue weighted by Crippen LogP contribution is 2.25. The van der Waals surface area contributed by atoms with E-state index in [2.05, 4.69) is 31.2 Å². The zero-order valence-electron chi connectivity index (χ0n) is 17.4.